The fraction of sp³-hybridized carbons (Fsp3) is 0.521. The van der Waals surface area contributed by atoms with Gasteiger partial charge in [0.15, 0.2) is 11.7 Å². The second kappa shape index (κ2) is 52.9. The number of primary amides is 1. The van der Waals surface area contributed by atoms with E-state index in [9.17, 15) is 63.3 Å². The highest BCUT2D eigenvalue weighted by atomic mass is 32.2. The van der Waals surface area contributed by atoms with Gasteiger partial charge >= 0.3 is 11.9 Å². The van der Waals surface area contributed by atoms with Gasteiger partial charge in [0, 0.05) is 125 Å². The van der Waals surface area contributed by atoms with E-state index in [0.717, 1.165) is 19.6 Å². The number of unbranched alkanes of at least 4 members (excludes halogenated alkanes) is 3. The van der Waals surface area contributed by atoms with Crippen LogP contribution in [-0.2, 0) is 112 Å². The van der Waals surface area contributed by atoms with Gasteiger partial charge in [-0.15, -0.1) is 11.8 Å². The van der Waals surface area contributed by atoms with Crippen molar-refractivity contribution in [2.45, 2.75) is 247 Å². The Hall–Kier alpha value is -14.5. The summed E-state index contributed by atoms with van der Waals surface area (Å²) in [5, 5.41) is 74.4. The van der Waals surface area contributed by atoms with E-state index >= 15 is 38.4 Å². The molecule has 0 radical (unpaired) electrons. The average Bonchev–Trinajstić information content (AvgIpc) is 1.56. The normalized spacial score (nSPS) is 23.7. The topological polar surface area (TPSA) is 690 Å². The zero-order chi connectivity index (χ0) is 102. The number of nitrogens with two attached hydrogens (primary N) is 3. The summed E-state index contributed by atoms with van der Waals surface area (Å²) in [6.07, 6.45) is 4.22. The monoisotopic (exact) mass is 1960 g/mol. The van der Waals surface area contributed by atoms with Gasteiger partial charge in [-0.3, -0.25) is 97.1 Å². The molecule has 3 saturated heterocycles. The number of carboxylic acids is 2. The molecule has 3 aromatic carbocycles. The van der Waals surface area contributed by atoms with Crippen LogP contribution in [0, 0.1) is 16.7 Å². The van der Waals surface area contributed by atoms with Gasteiger partial charge in [0.25, 0.3) is 0 Å². The minimum atomic E-state index is -2.03. The van der Waals surface area contributed by atoms with E-state index in [1.807, 2.05) is 13.0 Å². The smallest absolute Gasteiger partial charge is 0.305 e. The molecule has 24 N–H and O–H groups in total. The lowest BCUT2D eigenvalue weighted by molar-refractivity contribution is -0.149. The number of imidazole rings is 1. The zero-order valence-corrected chi connectivity index (χ0v) is 80.2. The molecule has 0 saturated carbocycles. The molecule has 3 aromatic heterocycles. The molecular weight excluding hydrogens is 1830 g/mol. The molecule has 0 bridgehead atoms. The number of benzene rings is 3. The number of nitrogens with one attached hydrogen (secondary N) is 15. The molecule has 6 aromatic rings. The number of hydrogen-bond acceptors (Lipinski definition) is 23. The van der Waals surface area contributed by atoms with Crippen molar-refractivity contribution in [3.63, 3.8) is 0 Å². The second-order valence-corrected chi connectivity index (χ2v) is 36.6. The highest BCUT2D eigenvalue weighted by Crippen LogP contribution is 2.30. The van der Waals surface area contributed by atoms with Crippen LogP contribution in [0.2, 0.25) is 0 Å². The Morgan fingerprint density at radius 2 is 1.05 bits per heavy atom. The van der Waals surface area contributed by atoms with E-state index in [1.54, 1.807) is 61.8 Å². The van der Waals surface area contributed by atoms with Crippen LogP contribution in [0.3, 0.4) is 0 Å². The summed E-state index contributed by atoms with van der Waals surface area (Å²) in [6.45, 7) is 3.85. The lowest BCUT2D eigenvalue weighted by atomic mass is 9.90. The maximum Gasteiger partial charge on any atom is 0.305 e. The Bertz CT molecular complexity index is 5440. The van der Waals surface area contributed by atoms with Gasteiger partial charge < -0.3 is 125 Å². The second-order valence-electron chi connectivity index (χ2n) is 35.5. The summed E-state index contributed by atoms with van der Waals surface area (Å²) in [5.41, 5.74) is 19.9. The van der Waals surface area contributed by atoms with Gasteiger partial charge in [-0.2, -0.15) is 0 Å². The molecule has 0 aliphatic carbocycles. The Kier molecular flexibility index (Phi) is 41.2. The molecule has 3 aliphatic rings. The Morgan fingerprint density at radius 3 is 1.66 bits per heavy atom. The number of aromatic amines is 3. The maximum absolute atomic E-state index is 16.0. The van der Waals surface area contributed by atoms with Crippen molar-refractivity contribution in [2.24, 2.45) is 23.1 Å². The molecule has 0 spiro atoms. The first kappa shape index (κ1) is 109. The summed E-state index contributed by atoms with van der Waals surface area (Å²) in [4.78, 5) is 283. The van der Waals surface area contributed by atoms with E-state index in [0.29, 0.717) is 69.5 Å². The molecule has 3 fully saturated rings. The highest BCUT2D eigenvalue weighted by Gasteiger charge is 2.46. The molecule has 46 heteroatoms. The Morgan fingerprint density at radius 1 is 0.514 bits per heavy atom. The third-order valence-corrected chi connectivity index (χ3v) is 26.3. The number of carbonyl (C=O) groups is 18. The number of amides is 15. The lowest BCUT2D eigenvalue weighted by Crippen LogP contribution is -2.60. The number of Topliss-reactive ketones (excluding diaryl/α,β-unsaturated/α-hetero) is 1. The largest absolute Gasteiger partial charge is 0.508 e. The number of guanidine groups is 1. The van der Waals surface area contributed by atoms with E-state index < -0.39 is 234 Å². The minimum Gasteiger partial charge on any atom is -0.508 e. The van der Waals surface area contributed by atoms with Gasteiger partial charge in [-0.25, -0.2) is 4.98 Å². The quantitative estimate of drug-likeness (QED) is 0.0157. The number of aromatic hydroxyl groups is 1. The molecule has 140 heavy (non-hydrogen) atoms. The number of thioether (sulfide) groups is 1. The predicted molar refractivity (Wildman–Crippen MR) is 514 cm³/mol. The molecule has 6 heterocycles. The summed E-state index contributed by atoms with van der Waals surface area (Å²) in [7, 11) is 3.80. The van der Waals surface area contributed by atoms with E-state index in [4.69, 9.17) is 28.0 Å². The summed E-state index contributed by atoms with van der Waals surface area (Å²) < 4.78 is 0. The van der Waals surface area contributed by atoms with Crippen molar-refractivity contribution in [1.82, 2.24) is 97.6 Å². The lowest BCUT2D eigenvalue weighted by Gasteiger charge is -2.36. The van der Waals surface area contributed by atoms with Gasteiger partial charge in [0.2, 0.25) is 88.6 Å². The highest BCUT2D eigenvalue weighted by molar-refractivity contribution is 8.00. The van der Waals surface area contributed by atoms with Crippen LogP contribution in [-0.4, -0.2) is 315 Å². The molecule has 9 rings (SSSR count). The number of rotatable bonds is 30. The summed E-state index contributed by atoms with van der Waals surface area (Å²) in [6, 6.07) is -0.894. The summed E-state index contributed by atoms with van der Waals surface area (Å²) >= 11 is 0.674. The van der Waals surface area contributed by atoms with Crippen LogP contribution in [0.5, 0.6) is 5.75 Å². The SMILES string of the molecule is CCCC[C@H]1C(=O)N(C)[C@@H](CCCC)C(=O)N[C@@H](CC(=O)O)C(=O)N[C@H](C(=O)NCC(N)=O)CSCC(=O)N[C@@H](Cc2ccc(O)cc2)C(=O)N(C)[C@@H](C)C(=O)N[C@@H](CC(=O)O)C(=O)N2CCC[C@H]2C(=O)N[C@@H](Cc2c[nH]cn2)C(=O)N[C@@H](CCCNC(=N)N)C(=O)N2CCC[C@H]2C(=O)C[C@@H](Cc2c[nH]c3ccccc23)C(=O)N[C@@H](CCCCC(=N)N)C(=O)N[C@@H](Cc2c[nH]c3ccccc23)C(=O)N1C. The number of aromatic nitrogens is 4. The molecular formula is C94H130N24O21S. The predicted octanol–water partition coefficient (Wildman–Crippen LogP) is -0.277. The zero-order valence-electron chi connectivity index (χ0n) is 79.3. The van der Waals surface area contributed by atoms with Crippen molar-refractivity contribution in [3.8, 4) is 5.75 Å². The van der Waals surface area contributed by atoms with Crippen LogP contribution in [0.4, 0.5) is 0 Å². The first-order valence-corrected chi connectivity index (χ1v) is 48.1. The van der Waals surface area contributed by atoms with Crippen LogP contribution >= 0.6 is 11.8 Å². The number of phenols is 1. The minimum absolute atomic E-state index is 0.00930. The van der Waals surface area contributed by atoms with E-state index in [-0.39, 0.29) is 146 Å². The maximum atomic E-state index is 16.0. The molecule has 0 unspecified atom stereocenters. The first-order valence-electron chi connectivity index (χ1n) is 47.0. The van der Waals surface area contributed by atoms with Gasteiger partial charge in [0.1, 0.15) is 78.3 Å². The first-order chi connectivity index (χ1) is 66.7. The number of phenolic OH excluding ortho intramolecular Hbond substituents is 1. The van der Waals surface area contributed by atoms with Crippen molar-refractivity contribution < 1.29 is 102 Å². The molecule has 45 nitrogen and oxygen atoms in total. The van der Waals surface area contributed by atoms with Crippen molar-refractivity contribution in [3.05, 3.63) is 120 Å². The Labute approximate surface area is 812 Å². The standard InChI is InChI=1S/C94H130N24O21S/c1-7-9-26-72-87(133)110-66(43-79(123)124)86(132)113-70(83(129)104-48-77(97)121)49-140-50-78(122)106-67(38-53-31-33-58(119)34-32-53)89(135)114(4)52(3)81(127)111-69(44-80(125)126)92(138)118-37-19-29-73(118)88(134)109-65(42-57-47-100-51-105-57)85(131)108-64(25-17-35-101-94(98)99)91(137)117-36-18-28-71(117)75(120)41-54(39-55-45-102-61-22-13-11-20-59(55)61)82(128)107-63(24-15-16-30-76(95)96)84(130)112-68(40-56-46-103-62-23-14-12-21-60(56)62)90(136)116(6)74(27-10-8-2)93(139)115(72)5/h11-14,20-23,31-34,45-47,51-52,54,63-74,102-103,119H,7-10,15-19,24-30,35-44,48-50H2,1-6H3,(H3,95,96)(H2,97,121)(H,100,105)(H,104,129)(H,106,122)(H,107,128)(H,108,131)(H,109,134)(H,110,133)(H,111,127)(H,112,130)(H,113,132)(H,123,124)(H,125,126)(H4,98,99,101)/t52-,54+,63-,64-,65-,66-,67-,68-,69-,70-,71-,72-,73-,74-/m0/s1. The Balaban J connectivity index is 1.12. The van der Waals surface area contributed by atoms with Crippen molar-refractivity contribution >= 4 is 152 Å². The number of nitrogens with zero attached hydrogens (tertiary/aromatic N) is 6. The molecule has 3 aliphatic heterocycles. The number of ketones is 1. The molecule has 15 amide bonds. The van der Waals surface area contributed by atoms with Gasteiger partial charge in [-0.05, 0) is 119 Å². The van der Waals surface area contributed by atoms with Crippen molar-refractivity contribution in [2.75, 3.05) is 58.8 Å². The van der Waals surface area contributed by atoms with Crippen LogP contribution in [0.1, 0.15) is 165 Å². The fourth-order valence-corrected chi connectivity index (χ4v) is 18.3. The number of aliphatic carboxylic acids is 2. The van der Waals surface area contributed by atoms with Crippen LogP contribution < -0.4 is 70.4 Å². The number of para-hydroxylation sites is 2. The van der Waals surface area contributed by atoms with Crippen LogP contribution in [0.25, 0.3) is 21.8 Å². The van der Waals surface area contributed by atoms with Gasteiger partial charge in [-0.1, -0.05) is 94.5 Å². The van der Waals surface area contributed by atoms with Crippen molar-refractivity contribution in [1.29, 1.82) is 10.8 Å². The molecule has 758 valence electrons. The van der Waals surface area contributed by atoms with Gasteiger partial charge in [0.05, 0.1) is 49.0 Å². The number of carboxylic acid groups (broad SMARTS) is 2. The number of likely N-dealkylation sites (N-methyl/N-ethyl adjacent to an activating group) is 3. The van der Waals surface area contributed by atoms with E-state index in [1.165, 1.54) is 69.8 Å². The number of fused-ring (bicyclic) bond motifs is 4. The van der Waals surface area contributed by atoms with E-state index in [2.05, 4.69) is 73.1 Å². The van der Waals surface area contributed by atoms with Crippen LogP contribution in [0.15, 0.2) is 97.7 Å². The number of amidine groups is 1. The molecule has 14 atom stereocenters. The number of H-pyrrole nitrogens is 3. The third-order valence-electron chi connectivity index (χ3n) is 25.2. The number of hydrogen-bond donors (Lipinski definition) is 21. The third kappa shape index (κ3) is 31.3. The fourth-order valence-electron chi connectivity index (χ4n) is 17.5. The average molecular weight is 1960 g/mol. The summed E-state index contributed by atoms with van der Waals surface area (Å²) in [5.74, 6) is -21.6. The number of carbonyl (C=O) groups excluding carboxylic acids is 16.